The van der Waals surface area contributed by atoms with Gasteiger partial charge in [-0.1, -0.05) is 26.0 Å². The second kappa shape index (κ2) is 8.27. The summed E-state index contributed by atoms with van der Waals surface area (Å²) in [4.78, 5) is 22.6. The second-order valence-corrected chi connectivity index (χ2v) is 7.96. The summed E-state index contributed by atoms with van der Waals surface area (Å²) in [5.74, 6) is 1.39. The molecular weight excluding hydrogens is 382 g/mol. The van der Waals surface area contributed by atoms with Crippen LogP contribution in [0.5, 0.6) is 0 Å². The Morgan fingerprint density at radius 1 is 1.27 bits per heavy atom. The van der Waals surface area contributed by atoms with Crippen LogP contribution in [0.2, 0.25) is 0 Å². The molecule has 0 unspecified atom stereocenters. The summed E-state index contributed by atoms with van der Waals surface area (Å²) in [6.45, 7) is 7.52. The largest absolute Gasteiger partial charge is 0.391 e. The maximum absolute atomic E-state index is 11.2. The van der Waals surface area contributed by atoms with Crippen molar-refractivity contribution in [1.82, 2.24) is 19.6 Å². The molecule has 4 rings (SSSR count). The summed E-state index contributed by atoms with van der Waals surface area (Å²) in [5.41, 5.74) is 3.64. The van der Waals surface area contributed by atoms with E-state index in [4.69, 9.17) is 9.97 Å². The summed E-state index contributed by atoms with van der Waals surface area (Å²) >= 11 is 0. The number of carbonyl (C=O) groups is 1. The lowest BCUT2D eigenvalue weighted by Crippen LogP contribution is -2.24. The number of hydrogen-bond acceptors (Lipinski definition) is 7. The number of benzene rings is 1. The maximum Gasteiger partial charge on any atom is 0.230 e. The molecule has 1 fully saturated rings. The van der Waals surface area contributed by atoms with Gasteiger partial charge in [0.2, 0.25) is 17.8 Å². The van der Waals surface area contributed by atoms with E-state index >= 15 is 0 Å². The van der Waals surface area contributed by atoms with Gasteiger partial charge in [-0.25, -0.2) is 0 Å². The van der Waals surface area contributed by atoms with Crippen LogP contribution in [0.1, 0.15) is 44.2 Å². The van der Waals surface area contributed by atoms with Crippen LogP contribution >= 0.6 is 0 Å². The van der Waals surface area contributed by atoms with Crippen LogP contribution in [0, 0.1) is 0 Å². The molecule has 0 bridgehead atoms. The Hall–Kier alpha value is -3.20. The van der Waals surface area contributed by atoms with Crippen molar-refractivity contribution in [3.8, 4) is 0 Å². The third-order valence-corrected chi connectivity index (χ3v) is 5.18. The quantitative estimate of drug-likeness (QED) is 0.574. The molecule has 3 heterocycles. The highest BCUT2D eigenvalue weighted by Gasteiger charge is 2.24. The molecule has 1 aliphatic rings. The van der Waals surface area contributed by atoms with E-state index < -0.39 is 0 Å². The molecule has 3 N–H and O–H groups in total. The summed E-state index contributed by atoms with van der Waals surface area (Å²) in [6.07, 6.45) is 2.21. The zero-order chi connectivity index (χ0) is 21.3. The van der Waals surface area contributed by atoms with Crippen LogP contribution in [0.4, 0.5) is 17.6 Å². The van der Waals surface area contributed by atoms with Gasteiger partial charge in [0.1, 0.15) is 0 Å². The van der Waals surface area contributed by atoms with Crippen LogP contribution in [-0.4, -0.2) is 49.8 Å². The fraction of sp³-hybridized carbons (Fsp3) is 0.429. The van der Waals surface area contributed by atoms with Crippen molar-refractivity contribution in [1.29, 1.82) is 0 Å². The number of rotatable bonds is 6. The van der Waals surface area contributed by atoms with E-state index in [0.717, 1.165) is 29.0 Å². The van der Waals surface area contributed by atoms with E-state index in [2.05, 4.69) is 29.6 Å². The standard InChI is InChI=1S/C21H27N7O2/c1-13(2)18-11-23-28-19(18)25-21(27-9-8-17(30)12-27)26-20(28)22-10-15-4-6-16(7-5-15)24-14(3)29/h4-7,11,13,17,30H,8-10,12H2,1-3H3,(H,24,29)(H,22,25,26)/t17-/m1/s1. The summed E-state index contributed by atoms with van der Waals surface area (Å²) in [6, 6.07) is 7.65. The summed E-state index contributed by atoms with van der Waals surface area (Å²) in [5, 5.41) is 20.5. The topological polar surface area (TPSA) is 108 Å². The van der Waals surface area contributed by atoms with Crippen molar-refractivity contribution >= 4 is 29.1 Å². The first-order valence-electron chi connectivity index (χ1n) is 10.2. The van der Waals surface area contributed by atoms with Crippen molar-refractivity contribution in [2.24, 2.45) is 0 Å². The molecular formula is C21H27N7O2. The normalized spacial score (nSPS) is 16.4. The van der Waals surface area contributed by atoms with Gasteiger partial charge in [0.25, 0.3) is 0 Å². The fourth-order valence-electron chi connectivity index (χ4n) is 3.56. The summed E-state index contributed by atoms with van der Waals surface area (Å²) < 4.78 is 1.73. The molecule has 1 aromatic carbocycles. The van der Waals surface area contributed by atoms with Crippen LogP contribution < -0.4 is 15.5 Å². The molecule has 9 nitrogen and oxygen atoms in total. The highest BCUT2D eigenvalue weighted by atomic mass is 16.3. The number of nitrogens with one attached hydrogen (secondary N) is 2. The number of aliphatic hydroxyl groups excluding tert-OH is 1. The molecule has 0 aliphatic carbocycles. The lowest BCUT2D eigenvalue weighted by atomic mass is 10.1. The number of aromatic nitrogens is 4. The minimum absolute atomic E-state index is 0.0940. The van der Waals surface area contributed by atoms with E-state index in [0.29, 0.717) is 31.4 Å². The van der Waals surface area contributed by atoms with Crippen molar-refractivity contribution < 1.29 is 9.90 Å². The first kappa shape index (κ1) is 20.1. The van der Waals surface area contributed by atoms with E-state index in [1.807, 2.05) is 35.4 Å². The molecule has 1 amide bonds. The highest BCUT2D eigenvalue weighted by Crippen LogP contribution is 2.25. The van der Waals surface area contributed by atoms with E-state index in [9.17, 15) is 9.90 Å². The van der Waals surface area contributed by atoms with Crippen LogP contribution in [0.25, 0.3) is 5.65 Å². The van der Waals surface area contributed by atoms with Crippen molar-refractivity contribution in [2.75, 3.05) is 28.6 Å². The lowest BCUT2D eigenvalue weighted by molar-refractivity contribution is -0.114. The predicted octanol–water partition coefficient (Wildman–Crippen LogP) is 2.39. The molecule has 0 radical (unpaired) electrons. The highest BCUT2D eigenvalue weighted by molar-refractivity contribution is 5.88. The van der Waals surface area contributed by atoms with Crippen LogP contribution in [-0.2, 0) is 11.3 Å². The average molecular weight is 409 g/mol. The third-order valence-electron chi connectivity index (χ3n) is 5.18. The Morgan fingerprint density at radius 3 is 2.67 bits per heavy atom. The van der Waals surface area contributed by atoms with Gasteiger partial charge in [-0.2, -0.15) is 19.6 Å². The van der Waals surface area contributed by atoms with Gasteiger partial charge < -0.3 is 20.6 Å². The smallest absolute Gasteiger partial charge is 0.230 e. The van der Waals surface area contributed by atoms with Gasteiger partial charge >= 0.3 is 0 Å². The monoisotopic (exact) mass is 409 g/mol. The molecule has 2 aromatic heterocycles. The molecule has 9 heteroatoms. The Balaban J connectivity index is 1.61. The lowest BCUT2D eigenvalue weighted by Gasteiger charge is -2.17. The molecule has 0 saturated carbocycles. The van der Waals surface area contributed by atoms with E-state index in [1.54, 1.807) is 4.52 Å². The number of β-amino-alcohol motifs (C(OH)–C–C–N with tert-alkyl or cyclic N) is 1. The van der Waals surface area contributed by atoms with E-state index in [1.165, 1.54) is 6.92 Å². The minimum Gasteiger partial charge on any atom is -0.391 e. The molecule has 1 aliphatic heterocycles. The summed E-state index contributed by atoms with van der Waals surface area (Å²) in [7, 11) is 0. The molecule has 1 saturated heterocycles. The molecule has 3 aromatic rings. The van der Waals surface area contributed by atoms with Gasteiger partial charge in [-0.15, -0.1) is 0 Å². The van der Waals surface area contributed by atoms with Gasteiger partial charge in [0.15, 0.2) is 5.65 Å². The molecule has 1 atom stereocenters. The fourth-order valence-corrected chi connectivity index (χ4v) is 3.56. The number of anilines is 3. The third kappa shape index (κ3) is 4.20. The molecule has 158 valence electrons. The van der Waals surface area contributed by atoms with Gasteiger partial charge in [0.05, 0.1) is 12.3 Å². The molecule has 30 heavy (non-hydrogen) atoms. The molecule has 0 spiro atoms. The van der Waals surface area contributed by atoms with Crippen LogP contribution in [0.3, 0.4) is 0 Å². The Bertz CT molecular complexity index is 1050. The number of amides is 1. The van der Waals surface area contributed by atoms with Gasteiger partial charge in [0, 0.05) is 37.8 Å². The maximum atomic E-state index is 11.2. The number of hydrogen-bond donors (Lipinski definition) is 3. The first-order chi connectivity index (χ1) is 14.4. The zero-order valence-electron chi connectivity index (χ0n) is 17.5. The number of fused-ring (bicyclic) bond motifs is 1. The Morgan fingerprint density at radius 2 is 2.03 bits per heavy atom. The van der Waals surface area contributed by atoms with Crippen molar-refractivity contribution in [3.05, 3.63) is 41.6 Å². The van der Waals surface area contributed by atoms with Crippen molar-refractivity contribution in [2.45, 2.75) is 45.8 Å². The SMILES string of the molecule is CC(=O)Nc1ccc(CNc2nc(N3CC[C@@H](O)C3)nc3c(C(C)C)cnn23)cc1. The van der Waals surface area contributed by atoms with E-state index in [-0.39, 0.29) is 17.9 Å². The number of nitrogens with zero attached hydrogens (tertiary/aromatic N) is 5. The Labute approximate surface area is 175 Å². The minimum atomic E-state index is -0.349. The van der Waals surface area contributed by atoms with Crippen molar-refractivity contribution in [3.63, 3.8) is 0 Å². The van der Waals surface area contributed by atoms with Crippen LogP contribution in [0.15, 0.2) is 30.5 Å². The zero-order valence-corrected chi connectivity index (χ0v) is 17.5. The number of aliphatic hydroxyl groups is 1. The van der Waals surface area contributed by atoms with Gasteiger partial charge in [-0.3, -0.25) is 4.79 Å². The number of carbonyl (C=O) groups excluding carboxylic acids is 1. The average Bonchev–Trinajstić information content (AvgIpc) is 3.33. The van der Waals surface area contributed by atoms with Gasteiger partial charge in [-0.05, 0) is 30.0 Å². The predicted molar refractivity (Wildman–Crippen MR) is 116 cm³/mol. The first-order valence-corrected chi connectivity index (χ1v) is 10.2. The second-order valence-electron chi connectivity index (χ2n) is 7.96. The Kier molecular flexibility index (Phi) is 5.54.